The van der Waals surface area contributed by atoms with Crippen LogP contribution in [0.1, 0.15) is 11.4 Å². The summed E-state index contributed by atoms with van der Waals surface area (Å²) in [5, 5.41) is 6.53. The molecule has 1 heterocycles. The fourth-order valence-electron chi connectivity index (χ4n) is 1.44. The zero-order chi connectivity index (χ0) is 10.7. The van der Waals surface area contributed by atoms with Gasteiger partial charge in [0.1, 0.15) is 5.82 Å². The van der Waals surface area contributed by atoms with Crippen molar-refractivity contribution in [2.24, 2.45) is 0 Å². The molecule has 0 aliphatic heterocycles. The molecule has 0 atom stereocenters. The largest absolute Gasteiger partial charge is 0.399 e. The van der Waals surface area contributed by atoms with E-state index in [9.17, 15) is 0 Å². The summed E-state index contributed by atoms with van der Waals surface area (Å²) in [6.45, 7) is 0. The fraction of sp³-hybridized carbons (Fsp3) is 0.200. The third-order valence-electron chi connectivity index (χ3n) is 2.24. The Morgan fingerprint density at radius 2 is 1.88 bits per heavy atom. The van der Waals surface area contributed by atoms with E-state index in [0.29, 0.717) is 0 Å². The number of halogens is 1. The number of aryl methyl sites for hydroxylation is 2. The standard InChI is InChI=1S/C10H13N5.ClH/c11-8-4-2-1-3-7(8)5-6-9-13-10(12)15-14-9;/h1-4H,5-6,11H2,(H3,12,13,14,15);1H. The fourth-order valence-corrected chi connectivity index (χ4v) is 1.44. The summed E-state index contributed by atoms with van der Waals surface area (Å²) in [5.74, 6) is 1.07. The zero-order valence-electron chi connectivity index (χ0n) is 8.68. The van der Waals surface area contributed by atoms with Crippen molar-refractivity contribution < 1.29 is 0 Å². The van der Waals surface area contributed by atoms with Crippen LogP contribution in [-0.4, -0.2) is 15.2 Å². The highest BCUT2D eigenvalue weighted by molar-refractivity contribution is 5.85. The van der Waals surface area contributed by atoms with E-state index >= 15 is 0 Å². The lowest BCUT2D eigenvalue weighted by molar-refractivity contribution is 0.866. The number of nitrogens with one attached hydrogen (secondary N) is 1. The third kappa shape index (κ3) is 2.87. The average molecular weight is 240 g/mol. The minimum absolute atomic E-state index is 0. The van der Waals surface area contributed by atoms with Gasteiger partial charge in [-0.25, -0.2) is 0 Å². The van der Waals surface area contributed by atoms with Crippen LogP contribution in [0.15, 0.2) is 24.3 Å². The number of nitrogens with two attached hydrogens (primary N) is 2. The predicted molar refractivity (Wildman–Crippen MR) is 66.3 cm³/mol. The predicted octanol–water partition coefficient (Wildman–Crippen LogP) is 1.18. The Balaban J connectivity index is 0.00000128. The second-order valence-electron chi connectivity index (χ2n) is 3.34. The van der Waals surface area contributed by atoms with E-state index in [-0.39, 0.29) is 18.4 Å². The van der Waals surface area contributed by atoms with E-state index < -0.39 is 0 Å². The van der Waals surface area contributed by atoms with Gasteiger partial charge < -0.3 is 11.5 Å². The molecule has 0 amide bonds. The van der Waals surface area contributed by atoms with Gasteiger partial charge in [-0.05, 0) is 18.1 Å². The number of para-hydroxylation sites is 1. The molecule has 0 bridgehead atoms. The molecule has 0 unspecified atom stereocenters. The Morgan fingerprint density at radius 3 is 2.50 bits per heavy atom. The topological polar surface area (TPSA) is 93.6 Å². The van der Waals surface area contributed by atoms with E-state index in [1.807, 2.05) is 24.3 Å². The number of nitrogens with zero attached hydrogens (tertiary/aromatic N) is 2. The molecule has 5 N–H and O–H groups in total. The molecule has 2 rings (SSSR count). The molecule has 0 aliphatic carbocycles. The number of H-pyrrole nitrogens is 1. The number of aromatic nitrogens is 3. The Kier molecular flexibility index (Phi) is 4.13. The number of hydrogen-bond donors (Lipinski definition) is 3. The van der Waals surface area contributed by atoms with Gasteiger partial charge in [-0.3, -0.25) is 5.10 Å². The Hall–Kier alpha value is -1.75. The maximum Gasteiger partial charge on any atom is 0.239 e. The smallest absolute Gasteiger partial charge is 0.239 e. The minimum Gasteiger partial charge on any atom is -0.399 e. The van der Waals surface area contributed by atoms with E-state index in [0.717, 1.165) is 29.9 Å². The zero-order valence-corrected chi connectivity index (χ0v) is 9.50. The molecule has 16 heavy (non-hydrogen) atoms. The summed E-state index contributed by atoms with van der Waals surface area (Å²) in [4.78, 5) is 4.03. The Morgan fingerprint density at radius 1 is 1.12 bits per heavy atom. The summed E-state index contributed by atoms with van der Waals surface area (Å²) >= 11 is 0. The number of aromatic amines is 1. The molecule has 86 valence electrons. The molecule has 0 aliphatic rings. The van der Waals surface area contributed by atoms with Crippen molar-refractivity contribution in [1.29, 1.82) is 0 Å². The van der Waals surface area contributed by atoms with Crippen LogP contribution in [0.3, 0.4) is 0 Å². The second kappa shape index (κ2) is 5.37. The van der Waals surface area contributed by atoms with Crippen LogP contribution in [0, 0.1) is 0 Å². The van der Waals surface area contributed by atoms with Crippen molar-refractivity contribution in [3.63, 3.8) is 0 Å². The number of anilines is 2. The van der Waals surface area contributed by atoms with Gasteiger partial charge in [0.2, 0.25) is 5.95 Å². The van der Waals surface area contributed by atoms with Crippen molar-refractivity contribution in [3.05, 3.63) is 35.7 Å². The molecule has 5 nitrogen and oxygen atoms in total. The van der Waals surface area contributed by atoms with Crippen molar-refractivity contribution in [2.45, 2.75) is 12.8 Å². The SMILES string of the molecule is Cl.Nc1n[nH]c(CCc2ccccc2N)n1. The first-order chi connectivity index (χ1) is 7.25. The van der Waals surface area contributed by atoms with E-state index in [2.05, 4.69) is 15.2 Å². The highest BCUT2D eigenvalue weighted by atomic mass is 35.5. The van der Waals surface area contributed by atoms with E-state index in [1.165, 1.54) is 0 Å². The number of nitrogen functional groups attached to an aromatic ring is 2. The molecule has 0 fully saturated rings. The number of rotatable bonds is 3. The normalized spacial score (nSPS) is 9.75. The van der Waals surface area contributed by atoms with Crippen molar-refractivity contribution in [1.82, 2.24) is 15.2 Å². The molecular formula is C10H14ClN5. The van der Waals surface area contributed by atoms with Crippen molar-refractivity contribution in [3.8, 4) is 0 Å². The highest BCUT2D eigenvalue weighted by Crippen LogP contribution is 2.12. The first-order valence-corrected chi connectivity index (χ1v) is 4.76. The number of benzene rings is 1. The van der Waals surface area contributed by atoms with Gasteiger partial charge in [0, 0.05) is 12.1 Å². The van der Waals surface area contributed by atoms with Gasteiger partial charge in [-0.2, -0.15) is 4.98 Å². The average Bonchev–Trinajstić information content (AvgIpc) is 2.63. The highest BCUT2D eigenvalue weighted by Gasteiger charge is 2.02. The summed E-state index contributed by atoms with van der Waals surface area (Å²) in [6, 6.07) is 7.80. The lowest BCUT2D eigenvalue weighted by Gasteiger charge is -2.02. The van der Waals surface area contributed by atoms with Crippen LogP contribution in [0.5, 0.6) is 0 Å². The Labute approximate surface area is 99.7 Å². The van der Waals surface area contributed by atoms with Crippen LogP contribution in [0.25, 0.3) is 0 Å². The lowest BCUT2D eigenvalue weighted by Crippen LogP contribution is -1.98. The summed E-state index contributed by atoms with van der Waals surface area (Å²) in [7, 11) is 0. The maximum atomic E-state index is 5.82. The Bertz CT molecular complexity index is 454. The van der Waals surface area contributed by atoms with Crippen molar-refractivity contribution >= 4 is 24.0 Å². The van der Waals surface area contributed by atoms with Crippen LogP contribution in [0.4, 0.5) is 11.6 Å². The van der Waals surface area contributed by atoms with Crippen LogP contribution in [0.2, 0.25) is 0 Å². The first-order valence-electron chi connectivity index (χ1n) is 4.76. The summed E-state index contributed by atoms with van der Waals surface area (Å²) in [5.41, 5.74) is 13.1. The van der Waals surface area contributed by atoms with Gasteiger partial charge >= 0.3 is 0 Å². The first kappa shape index (κ1) is 12.3. The molecule has 6 heteroatoms. The molecule has 0 saturated heterocycles. The third-order valence-corrected chi connectivity index (χ3v) is 2.24. The lowest BCUT2D eigenvalue weighted by atomic mass is 10.1. The maximum absolute atomic E-state index is 5.82. The molecule has 0 saturated carbocycles. The summed E-state index contributed by atoms with van der Waals surface area (Å²) < 4.78 is 0. The van der Waals surface area contributed by atoms with Gasteiger partial charge in [0.15, 0.2) is 0 Å². The molecule has 0 radical (unpaired) electrons. The van der Waals surface area contributed by atoms with Crippen molar-refractivity contribution in [2.75, 3.05) is 11.5 Å². The molecular weight excluding hydrogens is 226 g/mol. The monoisotopic (exact) mass is 239 g/mol. The van der Waals surface area contributed by atoms with Crippen LogP contribution >= 0.6 is 12.4 Å². The summed E-state index contributed by atoms with van der Waals surface area (Å²) in [6.07, 6.45) is 1.60. The second-order valence-corrected chi connectivity index (χ2v) is 3.34. The minimum atomic E-state index is 0. The molecule has 1 aromatic carbocycles. The molecule has 1 aromatic heterocycles. The van der Waals surface area contributed by atoms with Gasteiger partial charge in [-0.15, -0.1) is 17.5 Å². The van der Waals surface area contributed by atoms with Gasteiger partial charge in [-0.1, -0.05) is 18.2 Å². The molecule has 0 spiro atoms. The van der Waals surface area contributed by atoms with E-state index in [4.69, 9.17) is 11.5 Å². The van der Waals surface area contributed by atoms with Gasteiger partial charge in [0.25, 0.3) is 0 Å². The van der Waals surface area contributed by atoms with Crippen LogP contribution < -0.4 is 11.5 Å². The van der Waals surface area contributed by atoms with Gasteiger partial charge in [0.05, 0.1) is 0 Å². The van der Waals surface area contributed by atoms with E-state index in [1.54, 1.807) is 0 Å². The number of hydrogen-bond acceptors (Lipinski definition) is 4. The van der Waals surface area contributed by atoms with Crippen LogP contribution in [-0.2, 0) is 12.8 Å². The molecule has 2 aromatic rings. The quantitative estimate of drug-likeness (QED) is 0.701.